The number of rotatable bonds is 10. The van der Waals surface area contributed by atoms with Crippen molar-refractivity contribution in [2.75, 3.05) is 62.7 Å². The van der Waals surface area contributed by atoms with Crippen LogP contribution in [0.5, 0.6) is 0 Å². The highest BCUT2D eigenvalue weighted by atomic mass is 35.5. The monoisotopic (exact) mass is 684 g/mol. The fraction of sp³-hybridized carbons (Fsp3) is 0.353. The van der Waals surface area contributed by atoms with Gasteiger partial charge in [0.1, 0.15) is 0 Å². The molecule has 0 bridgehead atoms. The summed E-state index contributed by atoms with van der Waals surface area (Å²) in [5, 5.41) is 9.06. The number of piperidine rings is 1. The SMILES string of the molecule is O=C(NCCN1CCOCC1)c1cccc(C(=O)Nc2ccc(N3CCCCC3)cc2C(=O)NN=Cc2ccc(Cl)c(C(F)(F)F)c2)c1. The predicted octanol–water partition coefficient (Wildman–Crippen LogP) is 5.43. The number of halogens is 4. The number of hydrogen-bond acceptors (Lipinski definition) is 7. The van der Waals surface area contributed by atoms with Crippen molar-refractivity contribution in [2.24, 2.45) is 5.10 Å². The van der Waals surface area contributed by atoms with Crippen LogP contribution in [0, 0.1) is 0 Å². The van der Waals surface area contributed by atoms with E-state index in [1.54, 1.807) is 30.3 Å². The van der Waals surface area contributed by atoms with Crippen molar-refractivity contribution in [1.29, 1.82) is 0 Å². The molecule has 10 nitrogen and oxygen atoms in total. The number of morpholine rings is 1. The van der Waals surface area contributed by atoms with Crippen molar-refractivity contribution in [3.05, 3.63) is 93.5 Å². The number of carbonyl (C=O) groups is 3. The summed E-state index contributed by atoms with van der Waals surface area (Å²) in [4.78, 5) is 43.9. The van der Waals surface area contributed by atoms with Crippen molar-refractivity contribution in [2.45, 2.75) is 25.4 Å². The van der Waals surface area contributed by atoms with Crippen LogP contribution in [0.2, 0.25) is 5.02 Å². The third-order valence-corrected chi connectivity index (χ3v) is 8.43. The molecular formula is C34H36ClF3N6O4. The first kappa shape index (κ1) is 34.9. The Morgan fingerprint density at radius 1 is 0.875 bits per heavy atom. The van der Waals surface area contributed by atoms with E-state index in [1.807, 2.05) is 6.07 Å². The molecule has 0 aliphatic carbocycles. The fourth-order valence-electron chi connectivity index (χ4n) is 5.49. The van der Waals surface area contributed by atoms with Gasteiger partial charge in [0.25, 0.3) is 17.7 Å². The first-order valence-corrected chi connectivity index (χ1v) is 16.0. The molecule has 2 aliphatic heterocycles. The third-order valence-electron chi connectivity index (χ3n) is 8.10. The number of carbonyl (C=O) groups excluding carboxylic acids is 3. The van der Waals surface area contributed by atoms with E-state index >= 15 is 0 Å². The summed E-state index contributed by atoms with van der Waals surface area (Å²) in [6.45, 7) is 5.70. The van der Waals surface area contributed by atoms with Crippen molar-refractivity contribution < 1.29 is 32.3 Å². The number of alkyl halides is 3. The van der Waals surface area contributed by atoms with E-state index in [4.69, 9.17) is 16.3 Å². The Labute approximate surface area is 281 Å². The largest absolute Gasteiger partial charge is 0.417 e. The van der Waals surface area contributed by atoms with Crippen LogP contribution in [0.25, 0.3) is 0 Å². The number of ether oxygens (including phenoxy) is 1. The molecule has 14 heteroatoms. The fourth-order valence-corrected chi connectivity index (χ4v) is 5.72. The van der Waals surface area contributed by atoms with E-state index in [2.05, 4.69) is 31.0 Å². The van der Waals surface area contributed by atoms with E-state index in [9.17, 15) is 27.6 Å². The summed E-state index contributed by atoms with van der Waals surface area (Å²) >= 11 is 5.70. The van der Waals surface area contributed by atoms with Gasteiger partial charge in [-0.3, -0.25) is 19.3 Å². The average Bonchev–Trinajstić information content (AvgIpc) is 3.09. The molecule has 0 atom stereocenters. The molecule has 254 valence electrons. The molecule has 2 aliphatic rings. The van der Waals surface area contributed by atoms with E-state index in [0.29, 0.717) is 31.9 Å². The summed E-state index contributed by atoms with van der Waals surface area (Å²) < 4.78 is 45.2. The predicted molar refractivity (Wildman–Crippen MR) is 178 cm³/mol. The lowest BCUT2D eigenvalue weighted by atomic mass is 10.1. The van der Waals surface area contributed by atoms with Gasteiger partial charge < -0.3 is 20.3 Å². The lowest BCUT2D eigenvalue weighted by molar-refractivity contribution is -0.137. The first-order chi connectivity index (χ1) is 23.1. The molecule has 0 spiro atoms. The van der Waals surface area contributed by atoms with E-state index in [-0.39, 0.29) is 28.3 Å². The second kappa shape index (κ2) is 16.1. The Morgan fingerprint density at radius 2 is 1.60 bits per heavy atom. The van der Waals surface area contributed by atoms with E-state index in [0.717, 1.165) is 69.5 Å². The average molecular weight is 685 g/mol. The molecule has 3 N–H and O–H groups in total. The summed E-state index contributed by atoms with van der Waals surface area (Å²) in [5.41, 5.74) is 3.02. The number of nitrogens with zero attached hydrogens (tertiary/aromatic N) is 3. The molecule has 0 aromatic heterocycles. The standard InChI is InChI=1S/C34H36ClF3N6O4/c35-29-9-7-23(19-28(29)34(36,37)38)22-40-42-33(47)27-21-26(44-12-2-1-3-13-44)8-10-30(27)41-32(46)25-6-4-5-24(20-25)31(45)39-11-14-43-15-17-48-18-16-43/h4-10,19-22H,1-3,11-18H2,(H,39,45)(H,41,46)(H,42,47). The number of nitrogens with one attached hydrogen (secondary N) is 3. The van der Waals surface area contributed by atoms with Gasteiger partial charge in [0.15, 0.2) is 0 Å². The maximum Gasteiger partial charge on any atom is 0.417 e. The van der Waals surface area contributed by atoms with Gasteiger partial charge in [-0.1, -0.05) is 23.7 Å². The maximum absolute atomic E-state index is 13.4. The normalized spacial score (nSPS) is 15.7. The second-order valence-electron chi connectivity index (χ2n) is 11.5. The minimum absolute atomic E-state index is 0.0765. The Bertz CT molecular complexity index is 1660. The van der Waals surface area contributed by atoms with Crippen LogP contribution in [0.3, 0.4) is 0 Å². The van der Waals surface area contributed by atoms with Crippen LogP contribution in [0.4, 0.5) is 24.5 Å². The molecule has 3 aromatic rings. The highest BCUT2D eigenvalue weighted by Crippen LogP contribution is 2.35. The van der Waals surface area contributed by atoms with Gasteiger partial charge in [-0.15, -0.1) is 0 Å². The lowest BCUT2D eigenvalue weighted by Gasteiger charge is -2.29. The number of anilines is 2. The van der Waals surface area contributed by atoms with E-state index in [1.165, 1.54) is 12.1 Å². The summed E-state index contributed by atoms with van der Waals surface area (Å²) in [7, 11) is 0. The minimum atomic E-state index is -4.65. The van der Waals surface area contributed by atoms with Crippen LogP contribution < -0.4 is 21.0 Å². The molecule has 3 aromatic carbocycles. The maximum atomic E-state index is 13.4. The molecule has 2 saturated heterocycles. The summed E-state index contributed by atoms with van der Waals surface area (Å²) in [5.74, 6) is -1.54. The second-order valence-corrected chi connectivity index (χ2v) is 11.9. The Morgan fingerprint density at radius 3 is 2.33 bits per heavy atom. The van der Waals surface area contributed by atoms with Crippen LogP contribution in [0.1, 0.15) is 61.5 Å². The van der Waals surface area contributed by atoms with E-state index < -0.39 is 28.6 Å². The first-order valence-electron chi connectivity index (χ1n) is 15.7. The Hall–Kier alpha value is -4.46. The van der Waals surface area contributed by atoms with Crippen LogP contribution >= 0.6 is 11.6 Å². The Kier molecular flexibility index (Phi) is 11.7. The van der Waals surface area contributed by atoms with Gasteiger partial charge in [0.2, 0.25) is 0 Å². The number of amides is 3. The molecule has 2 fully saturated rings. The van der Waals surface area contributed by atoms with Crippen molar-refractivity contribution >= 4 is 46.9 Å². The topological polar surface area (TPSA) is 115 Å². The van der Waals surface area contributed by atoms with Crippen molar-refractivity contribution in [3.8, 4) is 0 Å². The number of benzene rings is 3. The zero-order valence-corrected chi connectivity index (χ0v) is 26.9. The van der Waals surface area contributed by atoms with Crippen LogP contribution in [-0.4, -0.2) is 81.3 Å². The number of hydrogen-bond donors (Lipinski definition) is 3. The third kappa shape index (κ3) is 9.33. The van der Waals surface area contributed by atoms with Crippen LogP contribution in [0.15, 0.2) is 65.8 Å². The lowest BCUT2D eigenvalue weighted by Crippen LogP contribution is -2.41. The molecule has 0 radical (unpaired) electrons. The molecule has 3 amide bonds. The molecule has 48 heavy (non-hydrogen) atoms. The van der Waals surface area contributed by atoms with Gasteiger partial charge in [-0.05, 0) is 73.4 Å². The summed E-state index contributed by atoms with van der Waals surface area (Å²) in [6.07, 6.45) is -0.463. The highest BCUT2D eigenvalue weighted by molar-refractivity contribution is 6.31. The van der Waals surface area contributed by atoms with Crippen molar-refractivity contribution in [3.63, 3.8) is 0 Å². The summed E-state index contributed by atoms with van der Waals surface area (Å²) in [6, 6.07) is 14.6. The highest BCUT2D eigenvalue weighted by Gasteiger charge is 2.33. The Balaban J connectivity index is 1.30. The van der Waals surface area contributed by atoms with Gasteiger partial charge in [0, 0.05) is 56.1 Å². The zero-order valence-electron chi connectivity index (χ0n) is 26.1. The van der Waals surface area contributed by atoms with Gasteiger partial charge in [0.05, 0.1) is 41.3 Å². The molecule has 5 rings (SSSR count). The molecule has 0 saturated carbocycles. The number of hydrazone groups is 1. The zero-order chi connectivity index (χ0) is 34.1. The van der Waals surface area contributed by atoms with Gasteiger partial charge in [-0.25, -0.2) is 5.43 Å². The minimum Gasteiger partial charge on any atom is -0.379 e. The molecule has 0 unspecified atom stereocenters. The van der Waals surface area contributed by atoms with Gasteiger partial charge in [-0.2, -0.15) is 18.3 Å². The van der Waals surface area contributed by atoms with Crippen molar-refractivity contribution in [1.82, 2.24) is 15.6 Å². The quantitative estimate of drug-likeness (QED) is 0.194. The smallest absolute Gasteiger partial charge is 0.379 e. The molecule has 2 heterocycles. The van der Waals surface area contributed by atoms with Gasteiger partial charge >= 0.3 is 6.18 Å². The van der Waals surface area contributed by atoms with Crippen LogP contribution in [-0.2, 0) is 10.9 Å². The molecular weight excluding hydrogens is 649 g/mol.